The SMILES string of the molecule is CC=CC=[CH][Fe].Clc1ccccc1. The Balaban J connectivity index is 0.000000226. The van der Waals surface area contributed by atoms with Crippen LogP contribution in [0.25, 0.3) is 0 Å². The molecule has 0 nitrogen and oxygen atoms in total. The summed E-state index contributed by atoms with van der Waals surface area (Å²) in [4.78, 5) is 1.75. The average Bonchev–Trinajstić information content (AvgIpc) is 2.17. The Kier molecular flexibility index (Phi) is 9.23. The molecule has 0 aliphatic carbocycles. The van der Waals surface area contributed by atoms with Crippen LogP contribution in [0.2, 0.25) is 5.02 Å². The minimum Gasteiger partial charge on any atom is -0.0843 e. The third-order valence-corrected chi connectivity index (χ3v) is 1.57. The van der Waals surface area contributed by atoms with E-state index in [1.165, 1.54) is 0 Å². The first-order valence-electron chi connectivity index (χ1n) is 3.88. The summed E-state index contributed by atoms with van der Waals surface area (Å²) in [5.74, 6) is 0. The standard InChI is InChI=1S/C6H5Cl.C5H7.Fe/c7-6-4-2-1-3-5-6;1-3-5-4-2;/h1-5H;1,3-5H,2H3;. The third kappa shape index (κ3) is 9.42. The van der Waals surface area contributed by atoms with E-state index in [4.69, 9.17) is 11.6 Å². The molecular formula is C11H12ClFe. The molecule has 0 unspecified atom stereocenters. The van der Waals surface area contributed by atoms with Crippen molar-refractivity contribution in [1.82, 2.24) is 0 Å². The number of allylic oxidation sites excluding steroid dienone is 3. The zero-order chi connectivity index (χ0) is 9.94. The van der Waals surface area contributed by atoms with Crippen LogP contribution in [0.1, 0.15) is 6.92 Å². The molecule has 1 aromatic carbocycles. The summed E-state index contributed by atoms with van der Waals surface area (Å²) in [5, 5.41) is 0.794. The van der Waals surface area contributed by atoms with Crippen molar-refractivity contribution in [3.63, 3.8) is 0 Å². The molecule has 0 fully saturated rings. The van der Waals surface area contributed by atoms with Gasteiger partial charge in [0.1, 0.15) is 0 Å². The van der Waals surface area contributed by atoms with Gasteiger partial charge in [-0.3, -0.25) is 0 Å². The molecule has 0 aliphatic rings. The predicted molar refractivity (Wildman–Crippen MR) is 55.4 cm³/mol. The van der Waals surface area contributed by atoms with Gasteiger partial charge in [0, 0.05) is 5.02 Å². The zero-order valence-electron chi connectivity index (χ0n) is 7.43. The maximum Gasteiger partial charge on any atom is 0.0405 e. The summed E-state index contributed by atoms with van der Waals surface area (Å²) < 4.78 is 0. The Morgan fingerprint density at radius 2 is 1.77 bits per heavy atom. The maximum atomic E-state index is 5.54. The van der Waals surface area contributed by atoms with E-state index in [1.54, 1.807) is 4.97 Å². The van der Waals surface area contributed by atoms with E-state index in [-0.39, 0.29) is 0 Å². The molecule has 71 valence electrons. The molecule has 0 aromatic heterocycles. The summed E-state index contributed by atoms with van der Waals surface area (Å²) in [6.07, 6.45) is 5.79. The quantitative estimate of drug-likeness (QED) is 0.510. The van der Waals surface area contributed by atoms with Gasteiger partial charge in [0.2, 0.25) is 0 Å². The Morgan fingerprint density at radius 3 is 2.00 bits per heavy atom. The van der Waals surface area contributed by atoms with Crippen LogP contribution in [0.15, 0.2) is 53.5 Å². The number of halogens is 1. The molecule has 0 bridgehead atoms. The van der Waals surface area contributed by atoms with E-state index >= 15 is 0 Å². The van der Waals surface area contributed by atoms with Gasteiger partial charge in [0.05, 0.1) is 0 Å². The maximum absolute atomic E-state index is 5.54. The van der Waals surface area contributed by atoms with Crippen molar-refractivity contribution in [2.24, 2.45) is 0 Å². The van der Waals surface area contributed by atoms with Crippen molar-refractivity contribution >= 4 is 11.6 Å². The molecule has 0 aliphatic heterocycles. The van der Waals surface area contributed by atoms with Crippen LogP contribution >= 0.6 is 11.6 Å². The number of benzene rings is 1. The Bertz CT molecular complexity index is 242. The van der Waals surface area contributed by atoms with Gasteiger partial charge in [-0.05, 0) is 12.1 Å². The zero-order valence-corrected chi connectivity index (χ0v) is 9.29. The van der Waals surface area contributed by atoms with E-state index in [0.29, 0.717) is 0 Å². The minimum atomic E-state index is 0.794. The van der Waals surface area contributed by atoms with E-state index in [9.17, 15) is 0 Å². The molecule has 0 N–H and O–H groups in total. The summed E-state index contributed by atoms with van der Waals surface area (Å²) in [5.41, 5.74) is 0. The van der Waals surface area contributed by atoms with Gasteiger partial charge in [0.25, 0.3) is 0 Å². The summed E-state index contributed by atoms with van der Waals surface area (Å²) >= 11 is 9.03. The van der Waals surface area contributed by atoms with Gasteiger partial charge in [-0.25, -0.2) is 0 Å². The van der Waals surface area contributed by atoms with Crippen LogP contribution in [0, 0.1) is 0 Å². The molecule has 0 spiro atoms. The van der Waals surface area contributed by atoms with E-state index in [0.717, 1.165) is 5.02 Å². The molecule has 13 heavy (non-hydrogen) atoms. The van der Waals surface area contributed by atoms with Crippen molar-refractivity contribution in [3.05, 3.63) is 58.6 Å². The van der Waals surface area contributed by atoms with Crippen LogP contribution in [0.4, 0.5) is 0 Å². The van der Waals surface area contributed by atoms with Crippen molar-refractivity contribution in [2.75, 3.05) is 0 Å². The van der Waals surface area contributed by atoms with Crippen LogP contribution in [0.5, 0.6) is 0 Å². The van der Waals surface area contributed by atoms with E-state index in [1.807, 2.05) is 55.5 Å². The molecule has 0 radical (unpaired) electrons. The van der Waals surface area contributed by atoms with Gasteiger partial charge >= 0.3 is 46.1 Å². The second-order valence-electron chi connectivity index (χ2n) is 2.13. The first kappa shape index (κ1) is 12.5. The second kappa shape index (κ2) is 9.60. The fourth-order valence-corrected chi connectivity index (χ4v) is 0.833. The molecule has 1 aromatic rings. The molecule has 0 heterocycles. The largest absolute Gasteiger partial charge is 0.0843 e. The number of hydrogen-bond donors (Lipinski definition) is 0. The minimum absolute atomic E-state index is 0.794. The predicted octanol–water partition coefficient (Wildman–Crippen LogP) is 3.96. The normalized spacial score (nSPS) is 10.1. The topological polar surface area (TPSA) is 0 Å². The fraction of sp³-hybridized carbons (Fsp3) is 0.0909. The first-order valence-corrected chi connectivity index (χ1v) is 4.90. The van der Waals surface area contributed by atoms with Gasteiger partial charge < -0.3 is 0 Å². The number of rotatable bonds is 1. The van der Waals surface area contributed by atoms with Gasteiger partial charge in [0.15, 0.2) is 0 Å². The Hall–Kier alpha value is -0.491. The molecular weight excluding hydrogens is 223 g/mol. The van der Waals surface area contributed by atoms with Crippen molar-refractivity contribution < 1.29 is 16.0 Å². The molecule has 0 atom stereocenters. The van der Waals surface area contributed by atoms with Crippen molar-refractivity contribution in [3.8, 4) is 0 Å². The molecule has 0 saturated carbocycles. The molecule has 0 amide bonds. The summed E-state index contributed by atoms with van der Waals surface area (Å²) in [7, 11) is 0. The van der Waals surface area contributed by atoms with Crippen molar-refractivity contribution in [2.45, 2.75) is 6.92 Å². The molecule has 1 rings (SSSR count). The summed E-state index contributed by atoms with van der Waals surface area (Å²) in [6.45, 7) is 1.97. The van der Waals surface area contributed by atoms with Crippen LogP contribution in [0.3, 0.4) is 0 Å². The van der Waals surface area contributed by atoms with E-state index in [2.05, 4.69) is 16.0 Å². The average molecular weight is 236 g/mol. The van der Waals surface area contributed by atoms with Crippen LogP contribution < -0.4 is 0 Å². The summed E-state index contributed by atoms with van der Waals surface area (Å²) in [6, 6.07) is 9.44. The Morgan fingerprint density at radius 1 is 1.15 bits per heavy atom. The van der Waals surface area contributed by atoms with Crippen LogP contribution in [-0.4, -0.2) is 0 Å². The smallest absolute Gasteiger partial charge is 0.0405 e. The van der Waals surface area contributed by atoms with Gasteiger partial charge in [-0.1, -0.05) is 29.8 Å². The first-order chi connectivity index (χ1) is 6.31. The van der Waals surface area contributed by atoms with Gasteiger partial charge in [-0.2, -0.15) is 0 Å². The van der Waals surface area contributed by atoms with Crippen LogP contribution in [-0.2, 0) is 16.0 Å². The van der Waals surface area contributed by atoms with E-state index < -0.39 is 0 Å². The second-order valence-corrected chi connectivity index (χ2v) is 2.94. The monoisotopic (exact) mass is 235 g/mol. The molecule has 2 heteroatoms. The number of hydrogen-bond acceptors (Lipinski definition) is 0. The van der Waals surface area contributed by atoms with Crippen molar-refractivity contribution in [1.29, 1.82) is 0 Å². The fourth-order valence-electron chi connectivity index (χ4n) is 0.565. The Labute approximate surface area is 93.1 Å². The molecule has 0 saturated heterocycles. The van der Waals surface area contributed by atoms with Gasteiger partial charge in [-0.15, -0.1) is 0 Å². The third-order valence-electron chi connectivity index (χ3n) is 1.10.